The molecule has 2 fully saturated rings. The number of nitroso groups, excluding NO2 is 1. The van der Waals surface area contributed by atoms with Crippen molar-refractivity contribution in [1.82, 2.24) is 9.91 Å². The van der Waals surface area contributed by atoms with Gasteiger partial charge in [-0.2, -0.15) is 5.01 Å². The minimum absolute atomic E-state index is 0.0129. The molecule has 4 N–H and O–H groups in total. The lowest BCUT2D eigenvalue weighted by Crippen LogP contribution is -2.65. The zero-order valence-electron chi connectivity index (χ0n) is 17.6. The van der Waals surface area contributed by atoms with Crippen LogP contribution in [0.25, 0.3) is 0 Å². The van der Waals surface area contributed by atoms with Crippen molar-refractivity contribution < 1.29 is 39.4 Å². The lowest BCUT2D eigenvalue weighted by molar-refractivity contribution is -0.321. The van der Waals surface area contributed by atoms with Crippen molar-refractivity contribution in [1.29, 1.82) is 0 Å². The Morgan fingerprint density at radius 2 is 1.97 bits per heavy atom. The van der Waals surface area contributed by atoms with Crippen molar-refractivity contribution in [3.8, 4) is 0 Å². The lowest BCUT2D eigenvalue weighted by atomic mass is 9.97. The number of ether oxygens (including phenoxy) is 3. The molecule has 12 nitrogen and oxygen atoms in total. The van der Waals surface area contributed by atoms with Crippen LogP contribution in [0.2, 0.25) is 0 Å². The molecule has 0 aromatic heterocycles. The van der Waals surface area contributed by atoms with Crippen molar-refractivity contribution in [3.05, 3.63) is 4.91 Å². The maximum absolute atomic E-state index is 12.8. The second-order valence-corrected chi connectivity index (χ2v) is 8.42. The van der Waals surface area contributed by atoms with Crippen LogP contribution in [0, 0.1) is 10.8 Å². The van der Waals surface area contributed by atoms with E-state index < -0.39 is 43.0 Å². The number of amides is 2. The Hall–Kier alpha value is -1.12. The van der Waals surface area contributed by atoms with Gasteiger partial charge in [-0.15, -0.1) is 16.5 Å². The first-order valence-corrected chi connectivity index (χ1v) is 10.8. The summed E-state index contributed by atoms with van der Waals surface area (Å²) in [6, 6.07) is -0.940. The number of halogens is 1. The predicted molar refractivity (Wildman–Crippen MR) is 108 cm³/mol. The first-order valence-electron chi connectivity index (χ1n) is 10.3. The molecule has 0 saturated carbocycles. The van der Waals surface area contributed by atoms with Gasteiger partial charge in [0.1, 0.15) is 24.4 Å². The first-order chi connectivity index (χ1) is 14.7. The summed E-state index contributed by atoms with van der Waals surface area (Å²) in [4.78, 5) is 24.7. The first kappa shape index (κ1) is 26.1. The third kappa shape index (κ3) is 6.68. The van der Waals surface area contributed by atoms with E-state index in [-0.39, 0.29) is 37.6 Å². The second kappa shape index (κ2) is 12.2. The molecule has 0 spiro atoms. The van der Waals surface area contributed by atoms with Gasteiger partial charge >= 0.3 is 6.03 Å². The van der Waals surface area contributed by atoms with Crippen molar-refractivity contribution >= 4 is 17.6 Å². The van der Waals surface area contributed by atoms with Crippen molar-refractivity contribution in [2.45, 2.75) is 69.7 Å². The summed E-state index contributed by atoms with van der Waals surface area (Å²) >= 11 is 5.60. The molecule has 2 amide bonds. The predicted octanol–water partition coefficient (Wildman–Crippen LogP) is -0.392. The van der Waals surface area contributed by atoms with Gasteiger partial charge < -0.3 is 34.6 Å². The van der Waals surface area contributed by atoms with Crippen LogP contribution in [-0.2, 0) is 14.2 Å². The number of carbonyl (C=O) groups is 1. The highest BCUT2D eigenvalue weighted by molar-refractivity contribution is 6.18. The molecular weight excluding hydrogens is 438 g/mol. The summed E-state index contributed by atoms with van der Waals surface area (Å²) in [7, 11) is 0. The van der Waals surface area contributed by atoms with Crippen LogP contribution in [0.5, 0.6) is 0 Å². The Morgan fingerprint density at radius 3 is 2.52 bits per heavy atom. The van der Waals surface area contributed by atoms with Crippen LogP contribution in [0.15, 0.2) is 5.29 Å². The van der Waals surface area contributed by atoms with Gasteiger partial charge in [-0.05, 0) is 18.8 Å². The minimum Gasteiger partial charge on any atom is -0.387 e. The number of alkyl halides is 1. The van der Waals surface area contributed by atoms with Crippen LogP contribution in [0.3, 0.4) is 0 Å². The number of nitrogens with zero attached hydrogens (tertiary/aromatic N) is 3. The zero-order valence-corrected chi connectivity index (χ0v) is 18.4. The SMILES string of the molecule is CC(C)CN(C(=O)N(CCCl)N=O)C(O)[C@H]1O[C@H](OCC2CCCO2)[C@@H](O)[C@@H](O)[C@H]1O. The molecule has 13 heteroatoms. The second-order valence-electron chi connectivity index (χ2n) is 8.05. The highest BCUT2D eigenvalue weighted by Gasteiger charge is 2.49. The van der Waals surface area contributed by atoms with Gasteiger partial charge in [0, 0.05) is 19.0 Å². The fraction of sp³-hybridized carbons (Fsp3) is 0.944. The minimum atomic E-state index is -1.78. The Balaban J connectivity index is 2.16. The average molecular weight is 470 g/mol. The molecule has 2 rings (SSSR count). The van der Waals surface area contributed by atoms with Gasteiger partial charge in [0.25, 0.3) is 0 Å². The quantitative estimate of drug-likeness (QED) is 0.144. The summed E-state index contributed by atoms with van der Waals surface area (Å²) in [5.74, 6) is -0.193. The number of aliphatic hydroxyl groups is 4. The molecular formula is C18H32ClN3O9. The molecule has 0 radical (unpaired) electrons. The summed E-state index contributed by atoms with van der Waals surface area (Å²) in [6.07, 6.45) is -8.25. The van der Waals surface area contributed by atoms with E-state index in [0.29, 0.717) is 11.6 Å². The van der Waals surface area contributed by atoms with Crippen LogP contribution >= 0.6 is 11.6 Å². The van der Waals surface area contributed by atoms with E-state index in [9.17, 15) is 30.1 Å². The normalized spacial score (nSPS) is 32.1. The molecule has 0 bridgehead atoms. The van der Waals surface area contributed by atoms with E-state index in [4.69, 9.17) is 25.8 Å². The topological polar surface area (TPSA) is 162 Å². The Labute approximate surface area is 185 Å². The number of hydrogen-bond acceptors (Lipinski definition) is 10. The molecule has 2 saturated heterocycles. The summed E-state index contributed by atoms with van der Waals surface area (Å²) < 4.78 is 16.5. The van der Waals surface area contributed by atoms with Gasteiger partial charge in [0.2, 0.25) is 0 Å². The van der Waals surface area contributed by atoms with E-state index in [1.54, 1.807) is 13.8 Å². The van der Waals surface area contributed by atoms with Gasteiger partial charge in [-0.25, -0.2) is 4.79 Å². The third-order valence-corrected chi connectivity index (χ3v) is 5.28. The van der Waals surface area contributed by atoms with Gasteiger partial charge in [-0.3, -0.25) is 4.90 Å². The molecule has 180 valence electrons. The molecule has 0 aliphatic carbocycles. The van der Waals surface area contributed by atoms with Gasteiger partial charge in [0.15, 0.2) is 12.5 Å². The summed E-state index contributed by atoms with van der Waals surface area (Å²) in [6.45, 7) is 4.03. The van der Waals surface area contributed by atoms with Crippen LogP contribution < -0.4 is 0 Å². The fourth-order valence-corrected chi connectivity index (χ4v) is 3.67. The summed E-state index contributed by atoms with van der Waals surface area (Å²) in [5.41, 5.74) is 0. The number of aliphatic hydroxyl groups excluding tert-OH is 4. The molecule has 2 heterocycles. The van der Waals surface area contributed by atoms with Crippen molar-refractivity contribution in [2.75, 3.05) is 32.2 Å². The van der Waals surface area contributed by atoms with E-state index >= 15 is 0 Å². The molecule has 0 aromatic carbocycles. The monoisotopic (exact) mass is 469 g/mol. The molecule has 2 unspecified atom stereocenters. The van der Waals surface area contributed by atoms with E-state index in [2.05, 4.69) is 5.29 Å². The Kier molecular flexibility index (Phi) is 10.3. The average Bonchev–Trinajstić information content (AvgIpc) is 3.26. The number of urea groups is 1. The zero-order chi connectivity index (χ0) is 23.1. The molecule has 2 aliphatic rings. The molecule has 2 aliphatic heterocycles. The van der Waals surface area contributed by atoms with Crippen molar-refractivity contribution in [2.24, 2.45) is 11.2 Å². The maximum atomic E-state index is 12.8. The molecule has 31 heavy (non-hydrogen) atoms. The fourth-order valence-electron chi connectivity index (χ4n) is 3.51. The third-order valence-electron chi connectivity index (χ3n) is 5.11. The summed E-state index contributed by atoms with van der Waals surface area (Å²) in [5, 5.41) is 45.0. The highest BCUT2D eigenvalue weighted by Crippen LogP contribution is 2.27. The molecule has 7 atom stereocenters. The van der Waals surface area contributed by atoms with Gasteiger partial charge in [-0.1, -0.05) is 13.8 Å². The van der Waals surface area contributed by atoms with E-state index in [1.165, 1.54) is 0 Å². The molecule has 0 aromatic rings. The number of hydrogen-bond donors (Lipinski definition) is 4. The van der Waals surface area contributed by atoms with Crippen LogP contribution in [-0.4, -0.2) is 112 Å². The smallest absolute Gasteiger partial charge is 0.345 e. The number of rotatable bonds is 10. The van der Waals surface area contributed by atoms with E-state index in [1.807, 2.05) is 0 Å². The Morgan fingerprint density at radius 1 is 1.26 bits per heavy atom. The maximum Gasteiger partial charge on any atom is 0.345 e. The largest absolute Gasteiger partial charge is 0.387 e. The lowest BCUT2D eigenvalue weighted by Gasteiger charge is -2.44. The Bertz CT molecular complexity index is 581. The standard InChI is InChI=1S/C18H32ClN3O9/c1-10(2)8-21(18(27)22(20-28)6-5-19)16(26)15-13(24)12(23)14(25)17(31-15)30-9-11-4-3-7-29-11/h10-17,23-26H,3-9H2,1-2H3/t11?,12-,13+,14-,15-,16?,17-/m0/s1. The van der Waals surface area contributed by atoms with Gasteiger partial charge in [0.05, 0.1) is 24.5 Å². The van der Waals surface area contributed by atoms with Crippen molar-refractivity contribution in [3.63, 3.8) is 0 Å². The van der Waals surface area contributed by atoms with Crippen LogP contribution in [0.4, 0.5) is 4.79 Å². The van der Waals surface area contributed by atoms with E-state index in [0.717, 1.165) is 17.7 Å². The highest BCUT2D eigenvalue weighted by atomic mass is 35.5. The van der Waals surface area contributed by atoms with Crippen LogP contribution in [0.1, 0.15) is 26.7 Å². The number of carbonyl (C=O) groups excluding carboxylic acids is 1.